The van der Waals surface area contributed by atoms with Crippen molar-refractivity contribution in [1.29, 1.82) is 0 Å². The van der Waals surface area contributed by atoms with Crippen molar-refractivity contribution in [3.8, 4) is 0 Å². The fourth-order valence-electron chi connectivity index (χ4n) is 2.22. The molecule has 1 aromatic rings. The molecule has 1 aliphatic rings. The Morgan fingerprint density at radius 3 is 2.50 bits per heavy atom. The standard InChI is InChI=1S/C13H21N5O2/c1-8(2)11-15-12(17-16-11)13(20)14-10-4-6-18(7-5-10)9(3)19/h8,10H,4-7H2,1-3H3,(H,14,20)(H,15,16,17). The number of carbonyl (C=O) groups is 2. The van der Waals surface area contributed by atoms with E-state index < -0.39 is 0 Å². The van der Waals surface area contributed by atoms with Crippen LogP contribution in [0.25, 0.3) is 0 Å². The van der Waals surface area contributed by atoms with Crippen molar-refractivity contribution < 1.29 is 9.59 Å². The molecule has 1 fully saturated rings. The molecule has 7 nitrogen and oxygen atoms in total. The summed E-state index contributed by atoms with van der Waals surface area (Å²) < 4.78 is 0. The summed E-state index contributed by atoms with van der Waals surface area (Å²) in [5.74, 6) is 0.937. The minimum Gasteiger partial charge on any atom is -0.346 e. The first-order valence-corrected chi connectivity index (χ1v) is 6.96. The molecule has 0 aliphatic carbocycles. The van der Waals surface area contributed by atoms with Crippen molar-refractivity contribution in [1.82, 2.24) is 25.4 Å². The predicted molar refractivity (Wildman–Crippen MR) is 73.2 cm³/mol. The lowest BCUT2D eigenvalue weighted by molar-refractivity contribution is -0.129. The van der Waals surface area contributed by atoms with Crippen LogP contribution in [0.15, 0.2) is 0 Å². The first-order valence-electron chi connectivity index (χ1n) is 6.96. The molecule has 0 aromatic carbocycles. The monoisotopic (exact) mass is 279 g/mol. The van der Waals surface area contributed by atoms with Gasteiger partial charge in [0.1, 0.15) is 5.82 Å². The van der Waals surface area contributed by atoms with E-state index in [1.54, 1.807) is 11.8 Å². The van der Waals surface area contributed by atoms with Gasteiger partial charge in [-0.25, -0.2) is 4.98 Å². The van der Waals surface area contributed by atoms with Crippen molar-refractivity contribution in [3.63, 3.8) is 0 Å². The second kappa shape index (κ2) is 6.02. The molecule has 0 atom stereocenters. The highest BCUT2D eigenvalue weighted by molar-refractivity contribution is 5.90. The summed E-state index contributed by atoms with van der Waals surface area (Å²) in [4.78, 5) is 29.2. The van der Waals surface area contributed by atoms with Crippen LogP contribution >= 0.6 is 0 Å². The number of nitrogens with zero attached hydrogens (tertiary/aromatic N) is 3. The third-order valence-electron chi connectivity index (χ3n) is 3.53. The maximum absolute atomic E-state index is 12.0. The Labute approximate surface area is 118 Å². The van der Waals surface area contributed by atoms with Gasteiger partial charge in [0.15, 0.2) is 0 Å². The first kappa shape index (κ1) is 14.5. The summed E-state index contributed by atoms with van der Waals surface area (Å²) in [5, 5.41) is 9.63. The van der Waals surface area contributed by atoms with Gasteiger partial charge in [-0.1, -0.05) is 13.8 Å². The van der Waals surface area contributed by atoms with Crippen molar-refractivity contribution in [3.05, 3.63) is 11.6 Å². The quantitative estimate of drug-likeness (QED) is 0.850. The molecule has 0 spiro atoms. The third-order valence-corrected chi connectivity index (χ3v) is 3.53. The Morgan fingerprint density at radius 1 is 1.35 bits per heavy atom. The van der Waals surface area contributed by atoms with E-state index in [2.05, 4.69) is 20.5 Å². The van der Waals surface area contributed by atoms with E-state index in [1.165, 1.54) is 0 Å². The molecule has 1 aliphatic heterocycles. The molecule has 0 unspecified atom stereocenters. The Morgan fingerprint density at radius 2 is 2.00 bits per heavy atom. The second-order valence-corrected chi connectivity index (χ2v) is 5.45. The number of carbonyl (C=O) groups excluding carboxylic acids is 2. The largest absolute Gasteiger partial charge is 0.346 e. The van der Waals surface area contributed by atoms with E-state index in [-0.39, 0.29) is 29.6 Å². The lowest BCUT2D eigenvalue weighted by atomic mass is 10.1. The molecule has 0 bridgehead atoms. The Hall–Kier alpha value is -1.92. The number of hydrogen-bond acceptors (Lipinski definition) is 4. The topological polar surface area (TPSA) is 91.0 Å². The first-order chi connectivity index (χ1) is 9.47. The molecule has 1 aromatic heterocycles. The maximum atomic E-state index is 12.0. The number of nitrogens with one attached hydrogen (secondary N) is 2. The molecule has 2 N–H and O–H groups in total. The SMILES string of the molecule is CC(=O)N1CCC(NC(=O)c2n[nH]c(C(C)C)n2)CC1. The minimum atomic E-state index is -0.255. The number of rotatable bonds is 3. The van der Waals surface area contributed by atoms with E-state index in [4.69, 9.17) is 0 Å². The highest BCUT2D eigenvalue weighted by atomic mass is 16.2. The zero-order chi connectivity index (χ0) is 14.7. The van der Waals surface area contributed by atoms with Crippen LogP contribution in [-0.2, 0) is 4.79 Å². The molecule has 110 valence electrons. The molecular formula is C13H21N5O2. The van der Waals surface area contributed by atoms with E-state index in [1.807, 2.05) is 13.8 Å². The van der Waals surface area contributed by atoms with E-state index in [0.29, 0.717) is 18.9 Å². The predicted octanol–water partition coefficient (Wildman–Crippen LogP) is 0.669. The van der Waals surface area contributed by atoms with Crippen LogP contribution in [0, 0.1) is 0 Å². The molecule has 0 radical (unpaired) electrons. The minimum absolute atomic E-state index is 0.0825. The van der Waals surface area contributed by atoms with Gasteiger partial charge in [0, 0.05) is 32.0 Å². The van der Waals surface area contributed by atoms with Gasteiger partial charge in [-0.15, -0.1) is 5.10 Å². The molecular weight excluding hydrogens is 258 g/mol. The molecule has 7 heteroatoms. The number of aromatic amines is 1. The number of piperidine rings is 1. The third kappa shape index (κ3) is 3.34. The number of hydrogen-bond donors (Lipinski definition) is 2. The van der Waals surface area contributed by atoms with Crippen LogP contribution in [0.5, 0.6) is 0 Å². The van der Waals surface area contributed by atoms with Gasteiger partial charge < -0.3 is 10.2 Å². The van der Waals surface area contributed by atoms with Crippen molar-refractivity contribution in [2.75, 3.05) is 13.1 Å². The molecule has 20 heavy (non-hydrogen) atoms. The summed E-state index contributed by atoms with van der Waals surface area (Å²) in [6.07, 6.45) is 1.54. The van der Waals surface area contributed by atoms with Gasteiger partial charge in [-0.2, -0.15) is 0 Å². The molecule has 1 saturated heterocycles. The van der Waals surface area contributed by atoms with Crippen molar-refractivity contribution >= 4 is 11.8 Å². The van der Waals surface area contributed by atoms with Gasteiger partial charge in [-0.3, -0.25) is 14.7 Å². The second-order valence-electron chi connectivity index (χ2n) is 5.45. The smallest absolute Gasteiger partial charge is 0.291 e. The lowest BCUT2D eigenvalue weighted by Gasteiger charge is -2.31. The number of likely N-dealkylation sites (tertiary alicyclic amines) is 1. The zero-order valence-corrected chi connectivity index (χ0v) is 12.1. The van der Waals surface area contributed by atoms with E-state index >= 15 is 0 Å². The molecule has 2 heterocycles. The molecule has 2 amide bonds. The van der Waals surface area contributed by atoms with E-state index in [9.17, 15) is 9.59 Å². The van der Waals surface area contributed by atoms with Gasteiger partial charge in [0.2, 0.25) is 11.7 Å². The fourth-order valence-corrected chi connectivity index (χ4v) is 2.22. The van der Waals surface area contributed by atoms with Crippen LogP contribution in [0.1, 0.15) is 56.0 Å². The highest BCUT2D eigenvalue weighted by Crippen LogP contribution is 2.11. The summed E-state index contributed by atoms with van der Waals surface area (Å²) in [6, 6.07) is 0.0825. The Bertz CT molecular complexity index is 489. The van der Waals surface area contributed by atoms with E-state index in [0.717, 1.165) is 12.8 Å². The molecule has 0 saturated carbocycles. The van der Waals surface area contributed by atoms with Crippen LogP contribution < -0.4 is 5.32 Å². The van der Waals surface area contributed by atoms with Gasteiger partial charge in [-0.05, 0) is 12.8 Å². The van der Waals surface area contributed by atoms with Crippen LogP contribution in [-0.4, -0.2) is 51.0 Å². The maximum Gasteiger partial charge on any atom is 0.291 e. The van der Waals surface area contributed by atoms with Crippen molar-refractivity contribution in [2.24, 2.45) is 0 Å². The van der Waals surface area contributed by atoms with Crippen molar-refractivity contribution in [2.45, 2.75) is 45.6 Å². The van der Waals surface area contributed by atoms with Gasteiger partial charge >= 0.3 is 0 Å². The lowest BCUT2D eigenvalue weighted by Crippen LogP contribution is -2.46. The normalized spacial score (nSPS) is 16.5. The number of aromatic nitrogens is 3. The summed E-state index contributed by atoms with van der Waals surface area (Å²) in [7, 11) is 0. The van der Waals surface area contributed by atoms with Crippen LogP contribution in [0.2, 0.25) is 0 Å². The van der Waals surface area contributed by atoms with Gasteiger partial charge in [0.05, 0.1) is 0 Å². The summed E-state index contributed by atoms with van der Waals surface area (Å²) in [6.45, 7) is 6.91. The summed E-state index contributed by atoms with van der Waals surface area (Å²) in [5.41, 5.74) is 0. The van der Waals surface area contributed by atoms with Crippen LogP contribution in [0.4, 0.5) is 0 Å². The highest BCUT2D eigenvalue weighted by Gasteiger charge is 2.23. The average Bonchev–Trinajstić information content (AvgIpc) is 2.89. The Kier molecular flexibility index (Phi) is 4.36. The number of amides is 2. The Balaban J connectivity index is 1.87. The van der Waals surface area contributed by atoms with Gasteiger partial charge in [0.25, 0.3) is 5.91 Å². The molecule has 2 rings (SSSR count). The average molecular weight is 279 g/mol. The summed E-state index contributed by atoms with van der Waals surface area (Å²) >= 11 is 0. The number of H-pyrrole nitrogens is 1. The van der Waals surface area contributed by atoms with Crippen LogP contribution in [0.3, 0.4) is 0 Å². The zero-order valence-electron chi connectivity index (χ0n) is 12.1. The fraction of sp³-hybridized carbons (Fsp3) is 0.692.